The van der Waals surface area contributed by atoms with E-state index in [4.69, 9.17) is 17.3 Å². The Morgan fingerprint density at radius 3 is 2.55 bits per heavy atom. The topological polar surface area (TPSA) is 92.5 Å². The standard InChI is InChI=1S/C24H18ClF2N3O3/c25-19-10-15(26)7-6-14(19)12-30-21(16-3-1-2-4-17(16)24(30)33)23(32)29-11-13-5-8-20(27)18(9-13)22(28)31/h1-10,21H,11-12H2,(H2,28,31)(H,29,32). The van der Waals surface area contributed by atoms with E-state index in [1.807, 2.05) is 0 Å². The van der Waals surface area contributed by atoms with Gasteiger partial charge in [0.25, 0.3) is 11.8 Å². The molecular weight excluding hydrogens is 452 g/mol. The number of amides is 3. The second kappa shape index (κ2) is 8.99. The molecule has 1 unspecified atom stereocenters. The van der Waals surface area contributed by atoms with E-state index in [1.165, 1.54) is 29.2 Å². The minimum absolute atomic E-state index is 0.00686. The number of benzene rings is 3. The molecule has 0 radical (unpaired) electrons. The van der Waals surface area contributed by atoms with E-state index in [0.29, 0.717) is 22.3 Å². The molecule has 9 heteroatoms. The van der Waals surface area contributed by atoms with Gasteiger partial charge in [-0.1, -0.05) is 41.9 Å². The zero-order chi connectivity index (χ0) is 23.7. The average molecular weight is 470 g/mol. The Kier molecular flexibility index (Phi) is 6.11. The van der Waals surface area contributed by atoms with Crippen LogP contribution in [0, 0.1) is 11.6 Å². The van der Waals surface area contributed by atoms with Crippen LogP contribution in [0.3, 0.4) is 0 Å². The molecule has 0 aromatic heterocycles. The summed E-state index contributed by atoms with van der Waals surface area (Å²) in [5.41, 5.74) is 6.75. The molecule has 0 bridgehead atoms. The molecule has 3 aromatic carbocycles. The number of hydrogen-bond donors (Lipinski definition) is 2. The summed E-state index contributed by atoms with van der Waals surface area (Å²) < 4.78 is 27.2. The monoisotopic (exact) mass is 469 g/mol. The van der Waals surface area contributed by atoms with Crippen molar-refractivity contribution in [2.24, 2.45) is 5.73 Å². The van der Waals surface area contributed by atoms with Gasteiger partial charge in [0.15, 0.2) is 0 Å². The Hall–Kier alpha value is -3.78. The fraction of sp³-hybridized carbons (Fsp3) is 0.125. The van der Waals surface area contributed by atoms with Crippen molar-refractivity contribution < 1.29 is 23.2 Å². The third-order valence-corrected chi connectivity index (χ3v) is 5.78. The van der Waals surface area contributed by atoms with Crippen molar-refractivity contribution in [2.45, 2.75) is 19.1 Å². The SMILES string of the molecule is NC(=O)c1cc(CNC(=O)C2c3ccccc3C(=O)N2Cc2ccc(F)cc2Cl)ccc1F. The van der Waals surface area contributed by atoms with Gasteiger partial charge in [0.2, 0.25) is 5.91 Å². The predicted molar refractivity (Wildman–Crippen MR) is 117 cm³/mol. The number of rotatable bonds is 6. The van der Waals surface area contributed by atoms with Gasteiger partial charge in [0.1, 0.15) is 17.7 Å². The van der Waals surface area contributed by atoms with Crippen molar-refractivity contribution in [3.63, 3.8) is 0 Å². The molecule has 1 aliphatic heterocycles. The van der Waals surface area contributed by atoms with Gasteiger partial charge >= 0.3 is 0 Å². The Labute approximate surface area is 192 Å². The number of halogens is 3. The summed E-state index contributed by atoms with van der Waals surface area (Å²) >= 11 is 6.14. The highest BCUT2D eigenvalue weighted by molar-refractivity contribution is 6.31. The normalized spacial score (nSPS) is 14.8. The lowest BCUT2D eigenvalue weighted by Crippen LogP contribution is -2.38. The Morgan fingerprint density at radius 2 is 1.82 bits per heavy atom. The number of nitrogens with two attached hydrogens (primary N) is 1. The van der Waals surface area contributed by atoms with Gasteiger partial charge < -0.3 is 16.0 Å². The van der Waals surface area contributed by atoms with Crippen LogP contribution in [0.25, 0.3) is 0 Å². The van der Waals surface area contributed by atoms with E-state index in [2.05, 4.69) is 5.32 Å². The zero-order valence-electron chi connectivity index (χ0n) is 17.1. The predicted octanol–water partition coefficient (Wildman–Crippen LogP) is 3.73. The fourth-order valence-corrected chi connectivity index (χ4v) is 4.03. The molecule has 6 nitrogen and oxygen atoms in total. The maximum atomic E-state index is 13.7. The van der Waals surface area contributed by atoms with Crippen LogP contribution in [0.4, 0.5) is 8.78 Å². The minimum atomic E-state index is -0.953. The van der Waals surface area contributed by atoms with Crippen molar-refractivity contribution in [2.75, 3.05) is 0 Å². The third-order valence-electron chi connectivity index (χ3n) is 5.43. The van der Waals surface area contributed by atoms with Crippen molar-refractivity contribution in [3.8, 4) is 0 Å². The van der Waals surface area contributed by atoms with Crippen LogP contribution < -0.4 is 11.1 Å². The van der Waals surface area contributed by atoms with Gasteiger partial charge in [-0.25, -0.2) is 8.78 Å². The van der Waals surface area contributed by atoms with E-state index >= 15 is 0 Å². The lowest BCUT2D eigenvalue weighted by molar-refractivity contribution is -0.125. The number of carbonyl (C=O) groups is 3. The molecule has 3 aromatic rings. The molecule has 3 N–H and O–H groups in total. The molecule has 168 valence electrons. The largest absolute Gasteiger partial charge is 0.366 e. The first-order chi connectivity index (χ1) is 15.8. The molecule has 1 atom stereocenters. The highest BCUT2D eigenvalue weighted by Crippen LogP contribution is 2.36. The van der Waals surface area contributed by atoms with Gasteiger partial charge in [0, 0.05) is 23.7 Å². The van der Waals surface area contributed by atoms with E-state index in [1.54, 1.807) is 24.3 Å². The molecule has 1 aliphatic rings. The van der Waals surface area contributed by atoms with Gasteiger partial charge in [0.05, 0.1) is 5.56 Å². The van der Waals surface area contributed by atoms with Crippen molar-refractivity contribution in [1.29, 1.82) is 0 Å². The highest BCUT2D eigenvalue weighted by Gasteiger charge is 2.41. The molecular formula is C24H18ClF2N3O3. The maximum Gasteiger partial charge on any atom is 0.255 e. The first kappa shape index (κ1) is 22.4. The number of primary amides is 1. The molecule has 0 saturated heterocycles. The smallest absolute Gasteiger partial charge is 0.255 e. The Bertz CT molecular complexity index is 1280. The summed E-state index contributed by atoms with van der Waals surface area (Å²) in [5.74, 6) is -3.02. The highest BCUT2D eigenvalue weighted by atomic mass is 35.5. The van der Waals surface area contributed by atoms with E-state index in [-0.39, 0.29) is 29.6 Å². The lowest BCUT2D eigenvalue weighted by Gasteiger charge is -2.25. The molecule has 0 fully saturated rings. The molecule has 0 saturated carbocycles. The second-order valence-electron chi connectivity index (χ2n) is 7.55. The summed E-state index contributed by atoms with van der Waals surface area (Å²) in [7, 11) is 0. The van der Waals surface area contributed by atoms with E-state index in [9.17, 15) is 23.2 Å². The quantitative estimate of drug-likeness (QED) is 0.576. The van der Waals surface area contributed by atoms with Crippen molar-refractivity contribution in [1.82, 2.24) is 10.2 Å². The molecule has 4 rings (SSSR count). The molecule has 0 spiro atoms. The van der Waals surface area contributed by atoms with Crippen LogP contribution in [0.15, 0.2) is 60.7 Å². The number of nitrogens with zero attached hydrogens (tertiary/aromatic N) is 1. The lowest BCUT2D eigenvalue weighted by atomic mass is 10.0. The van der Waals surface area contributed by atoms with E-state index in [0.717, 1.165) is 12.1 Å². The minimum Gasteiger partial charge on any atom is -0.366 e. The number of fused-ring (bicyclic) bond motifs is 1. The molecule has 33 heavy (non-hydrogen) atoms. The van der Waals surface area contributed by atoms with Gasteiger partial charge in [-0.05, 0) is 47.0 Å². The summed E-state index contributed by atoms with van der Waals surface area (Å²) in [4.78, 5) is 39.0. The maximum absolute atomic E-state index is 13.7. The first-order valence-corrected chi connectivity index (χ1v) is 10.3. The van der Waals surface area contributed by atoms with Crippen LogP contribution >= 0.6 is 11.6 Å². The van der Waals surface area contributed by atoms with Gasteiger partial charge in [-0.3, -0.25) is 14.4 Å². The summed E-state index contributed by atoms with van der Waals surface area (Å²) in [6.07, 6.45) is 0. The number of hydrogen-bond acceptors (Lipinski definition) is 3. The number of nitrogens with one attached hydrogen (secondary N) is 1. The number of carbonyl (C=O) groups excluding carboxylic acids is 3. The molecule has 3 amide bonds. The zero-order valence-corrected chi connectivity index (χ0v) is 17.9. The fourth-order valence-electron chi connectivity index (χ4n) is 3.81. The van der Waals surface area contributed by atoms with Crippen LogP contribution in [0.1, 0.15) is 43.4 Å². The van der Waals surface area contributed by atoms with E-state index < -0.39 is 29.5 Å². The van der Waals surface area contributed by atoms with Crippen LogP contribution in [-0.4, -0.2) is 22.6 Å². The van der Waals surface area contributed by atoms with Crippen molar-refractivity contribution in [3.05, 3.63) is 105 Å². The van der Waals surface area contributed by atoms with Crippen LogP contribution in [0.5, 0.6) is 0 Å². The average Bonchev–Trinajstić information content (AvgIpc) is 3.06. The van der Waals surface area contributed by atoms with Gasteiger partial charge in [-0.2, -0.15) is 0 Å². The van der Waals surface area contributed by atoms with Gasteiger partial charge in [-0.15, -0.1) is 0 Å². The van der Waals surface area contributed by atoms with Crippen LogP contribution in [-0.2, 0) is 17.9 Å². The molecule has 0 aliphatic carbocycles. The van der Waals surface area contributed by atoms with Crippen molar-refractivity contribution >= 4 is 29.3 Å². The first-order valence-electron chi connectivity index (χ1n) is 9.96. The van der Waals surface area contributed by atoms with Crippen LogP contribution in [0.2, 0.25) is 5.02 Å². The Morgan fingerprint density at radius 1 is 1.06 bits per heavy atom. The molecule has 1 heterocycles. The summed E-state index contributed by atoms with van der Waals surface area (Å²) in [6, 6.07) is 13.4. The third kappa shape index (κ3) is 4.42. The Balaban J connectivity index is 1.60. The summed E-state index contributed by atoms with van der Waals surface area (Å²) in [6.45, 7) is -0.0233. The second-order valence-corrected chi connectivity index (χ2v) is 7.96. The summed E-state index contributed by atoms with van der Waals surface area (Å²) in [5, 5.41) is 2.87.